The number of rotatable bonds is 7. The highest BCUT2D eigenvalue weighted by Gasteiger charge is 2.29. The van der Waals surface area contributed by atoms with Gasteiger partial charge >= 0.3 is 0 Å². The summed E-state index contributed by atoms with van der Waals surface area (Å²) < 4.78 is 27.9. The molecule has 1 saturated heterocycles. The van der Waals surface area contributed by atoms with E-state index in [2.05, 4.69) is 10.3 Å². The third-order valence-corrected chi connectivity index (χ3v) is 6.36. The molecule has 1 aliphatic rings. The molecule has 3 rings (SSSR count). The Kier molecular flexibility index (Phi) is 5.73. The molecular formula is C18H24N4O3S. The molecule has 1 aromatic heterocycles. The number of carbonyl (C=O) groups is 1. The van der Waals surface area contributed by atoms with E-state index in [9.17, 15) is 13.2 Å². The molecule has 0 unspecified atom stereocenters. The lowest BCUT2D eigenvalue weighted by molar-refractivity contribution is -0.121. The van der Waals surface area contributed by atoms with Crippen molar-refractivity contribution in [3.63, 3.8) is 0 Å². The smallest absolute Gasteiger partial charge is 0.262 e. The Balaban J connectivity index is 1.54. The van der Waals surface area contributed by atoms with Gasteiger partial charge in [-0.15, -0.1) is 0 Å². The summed E-state index contributed by atoms with van der Waals surface area (Å²) in [5.41, 5.74) is 1.16. The summed E-state index contributed by atoms with van der Waals surface area (Å²) >= 11 is 0. The van der Waals surface area contributed by atoms with Gasteiger partial charge in [-0.3, -0.25) is 4.79 Å². The van der Waals surface area contributed by atoms with Crippen LogP contribution in [0.3, 0.4) is 0 Å². The maximum Gasteiger partial charge on any atom is 0.262 e. The van der Waals surface area contributed by atoms with Gasteiger partial charge in [0, 0.05) is 25.8 Å². The Morgan fingerprint density at radius 1 is 1.23 bits per heavy atom. The number of carbonyl (C=O) groups excluding carboxylic acids is 1. The summed E-state index contributed by atoms with van der Waals surface area (Å²) in [4.78, 5) is 16.1. The molecule has 0 aliphatic carbocycles. The van der Waals surface area contributed by atoms with E-state index in [1.54, 1.807) is 0 Å². The first-order chi connectivity index (χ1) is 12.5. The Morgan fingerprint density at radius 3 is 2.62 bits per heavy atom. The van der Waals surface area contributed by atoms with Crippen LogP contribution in [0, 0.1) is 0 Å². The van der Waals surface area contributed by atoms with Gasteiger partial charge in [0.2, 0.25) is 5.91 Å². The average molecular weight is 376 g/mol. The second-order valence-electron chi connectivity index (χ2n) is 6.61. The Morgan fingerprint density at radius 2 is 1.92 bits per heavy atom. The number of benzene rings is 1. The van der Waals surface area contributed by atoms with Crippen LogP contribution in [0.2, 0.25) is 0 Å². The molecule has 140 valence electrons. The maximum absolute atomic E-state index is 12.5. The van der Waals surface area contributed by atoms with Crippen LogP contribution in [0.1, 0.15) is 31.2 Å². The highest BCUT2D eigenvalue weighted by atomic mass is 32.2. The van der Waals surface area contributed by atoms with E-state index in [-0.39, 0.29) is 23.4 Å². The molecule has 2 heterocycles. The number of aromatic nitrogens is 2. The fraction of sp³-hybridized carbons (Fsp3) is 0.444. The van der Waals surface area contributed by atoms with Gasteiger partial charge < -0.3 is 9.88 Å². The minimum absolute atomic E-state index is 0.00449. The zero-order chi connectivity index (χ0) is 18.6. The fourth-order valence-corrected chi connectivity index (χ4v) is 4.46. The molecule has 0 spiro atoms. The molecule has 1 atom stereocenters. The van der Waals surface area contributed by atoms with Crippen molar-refractivity contribution in [1.29, 1.82) is 0 Å². The van der Waals surface area contributed by atoms with E-state index in [1.165, 1.54) is 21.4 Å². The summed E-state index contributed by atoms with van der Waals surface area (Å²) in [6.45, 7) is 3.69. The van der Waals surface area contributed by atoms with E-state index in [0.717, 1.165) is 18.4 Å². The van der Waals surface area contributed by atoms with Crippen molar-refractivity contribution in [1.82, 2.24) is 19.2 Å². The molecule has 8 heteroatoms. The fourth-order valence-electron chi connectivity index (χ4n) is 3.01. The molecule has 1 aromatic carbocycles. The van der Waals surface area contributed by atoms with E-state index in [0.29, 0.717) is 19.6 Å². The molecule has 1 fully saturated rings. The van der Waals surface area contributed by atoms with Crippen LogP contribution in [0.25, 0.3) is 0 Å². The van der Waals surface area contributed by atoms with Crippen molar-refractivity contribution >= 4 is 15.9 Å². The van der Waals surface area contributed by atoms with Crippen molar-refractivity contribution in [3.05, 3.63) is 48.4 Å². The highest BCUT2D eigenvalue weighted by Crippen LogP contribution is 2.19. The Labute approximate surface area is 154 Å². The minimum atomic E-state index is -3.55. The van der Waals surface area contributed by atoms with Crippen LogP contribution in [0.5, 0.6) is 0 Å². The minimum Gasteiger partial charge on any atom is -0.354 e. The van der Waals surface area contributed by atoms with Gasteiger partial charge in [-0.25, -0.2) is 13.4 Å². The van der Waals surface area contributed by atoms with E-state index in [1.807, 2.05) is 37.3 Å². The average Bonchev–Trinajstić information content (AvgIpc) is 3.33. The zero-order valence-electron chi connectivity index (χ0n) is 14.8. The van der Waals surface area contributed by atoms with Gasteiger partial charge in [-0.1, -0.05) is 37.3 Å². The van der Waals surface area contributed by atoms with Crippen LogP contribution in [0.15, 0.2) is 47.9 Å². The van der Waals surface area contributed by atoms with E-state index >= 15 is 0 Å². The van der Waals surface area contributed by atoms with Crippen LogP contribution in [-0.4, -0.2) is 47.8 Å². The lowest BCUT2D eigenvalue weighted by Crippen LogP contribution is -2.30. The number of sulfonamides is 1. The molecule has 0 radical (unpaired) electrons. The molecule has 0 saturated carbocycles. The monoisotopic (exact) mass is 376 g/mol. The second-order valence-corrected chi connectivity index (χ2v) is 8.50. The lowest BCUT2D eigenvalue weighted by atomic mass is 10.0. The predicted molar refractivity (Wildman–Crippen MR) is 98.1 cm³/mol. The molecule has 1 N–H and O–H groups in total. The molecular weight excluding hydrogens is 352 g/mol. The third-order valence-electron chi connectivity index (χ3n) is 4.58. The summed E-state index contributed by atoms with van der Waals surface area (Å²) in [5, 5.41) is 2.89. The zero-order valence-corrected chi connectivity index (χ0v) is 15.7. The van der Waals surface area contributed by atoms with Gasteiger partial charge in [0.15, 0.2) is 5.03 Å². The number of hydrogen-bond donors (Lipinski definition) is 1. The van der Waals surface area contributed by atoms with Crippen molar-refractivity contribution < 1.29 is 13.2 Å². The lowest BCUT2D eigenvalue weighted by Gasteiger charge is -2.13. The Bertz CT molecular complexity index is 842. The first kappa shape index (κ1) is 18.6. The summed E-state index contributed by atoms with van der Waals surface area (Å²) in [5.74, 6) is 0.0318. The number of imidazole rings is 1. The van der Waals surface area contributed by atoms with Crippen LogP contribution < -0.4 is 5.32 Å². The first-order valence-electron chi connectivity index (χ1n) is 8.80. The second kappa shape index (κ2) is 8.01. The molecule has 2 aromatic rings. The summed E-state index contributed by atoms with van der Waals surface area (Å²) in [7, 11) is -3.55. The standard InChI is InChI=1S/C18H24N4O3S/c1-15(16-7-3-2-4-8-16)11-19-17(23)12-21-13-18(20-14-21)26(24,25)22-9-5-6-10-22/h2-4,7-8,13-15H,5-6,9-12H2,1H3,(H,19,23)/t15-/m1/s1. The van der Waals surface area contributed by atoms with E-state index < -0.39 is 10.0 Å². The SMILES string of the molecule is C[C@H](CNC(=O)Cn1cnc(S(=O)(=O)N2CCCC2)c1)c1ccccc1. The van der Waals surface area contributed by atoms with Crippen molar-refractivity contribution in [2.24, 2.45) is 0 Å². The molecule has 1 aliphatic heterocycles. The van der Waals surface area contributed by atoms with Crippen LogP contribution in [0.4, 0.5) is 0 Å². The summed E-state index contributed by atoms with van der Waals surface area (Å²) in [6.07, 6.45) is 4.57. The van der Waals surface area contributed by atoms with Crippen molar-refractivity contribution in [2.75, 3.05) is 19.6 Å². The van der Waals surface area contributed by atoms with E-state index in [4.69, 9.17) is 0 Å². The quantitative estimate of drug-likeness (QED) is 0.795. The largest absolute Gasteiger partial charge is 0.354 e. The number of amides is 1. The number of hydrogen-bond acceptors (Lipinski definition) is 4. The molecule has 0 bridgehead atoms. The van der Waals surface area contributed by atoms with Crippen LogP contribution in [-0.2, 0) is 21.4 Å². The maximum atomic E-state index is 12.5. The van der Waals surface area contributed by atoms with Gasteiger partial charge in [0.25, 0.3) is 10.0 Å². The third kappa shape index (κ3) is 4.31. The topological polar surface area (TPSA) is 84.3 Å². The number of nitrogens with one attached hydrogen (secondary N) is 1. The normalized spacial score (nSPS) is 16.5. The van der Waals surface area contributed by atoms with Gasteiger partial charge in [-0.2, -0.15) is 4.31 Å². The molecule has 1 amide bonds. The summed E-state index contributed by atoms with van der Waals surface area (Å²) in [6, 6.07) is 9.97. The van der Waals surface area contributed by atoms with Gasteiger partial charge in [0.05, 0.1) is 6.33 Å². The predicted octanol–water partition coefficient (Wildman–Crippen LogP) is 1.59. The number of nitrogens with zero attached hydrogens (tertiary/aromatic N) is 3. The van der Waals surface area contributed by atoms with Crippen molar-refractivity contribution in [2.45, 2.75) is 37.3 Å². The Hall–Kier alpha value is -2.19. The van der Waals surface area contributed by atoms with Crippen LogP contribution >= 0.6 is 0 Å². The van der Waals surface area contributed by atoms with Gasteiger partial charge in [-0.05, 0) is 24.3 Å². The van der Waals surface area contributed by atoms with Gasteiger partial charge in [0.1, 0.15) is 6.54 Å². The highest BCUT2D eigenvalue weighted by molar-refractivity contribution is 7.89. The molecule has 26 heavy (non-hydrogen) atoms. The first-order valence-corrected chi connectivity index (χ1v) is 10.2. The van der Waals surface area contributed by atoms with Crippen molar-refractivity contribution in [3.8, 4) is 0 Å². The molecule has 7 nitrogen and oxygen atoms in total.